The monoisotopic (exact) mass is 451 g/mol. The zero-order valence-corrected chi connectivity index (χ0v) is 17.7. The Morgan fingerprint density at radius 2 is 1.96 bits per heavy atom. The van der Waals surface area contributed by atoms with Crippen LogP contribution in [0.1, 0.15) is 39.3 Å². The summed E-state index contributed by atoms with van der Waals surface area (Å²) in [6, 6.07) is 3.14. The molecule has 1 atom stereocenters. The Hall–Kier alpha value is -2.62. The third-order valence-electron chi connectivity index (χ3n) is 4.15. The average Bonchev–Trinajstić information content (AvgIpc) is 3.11. The quantitative estimate of drug-likeness (QED) is 0.640. The molecule has 1 aliphatic heterocycles. The fourth-order valence-corrected chi connectivity index (χ4v) is 3.66. The van der Waals surface area contributed by atoms with Gasteiger partial charge in [-0.1, -0.05) is 5.10 Å². The molecule has 1 aromatic carbocycles. The summed E-state index contributed by atoms with van der Waals surface area (Å²) in [5, 5.41) is 14.8. The number of anilines is 1. The minimum atomic E-state index is -0.573. The summed E-state index contributed by atoms with van der Waals surface area (Å²) >= 11 is 3.56. The number of nitrogens with zero attached hydrogens (tertiary/aromatic N) is 4. The van der Waals surface area contributed by atoms with Gasteiger partial charge < -0.3 is 19.5 Å². The van der Waals surface area contributed by atoms with Gasteiger partial charge in [0.25, 0.3) is 0 Å². The lowest BCUT2D eigenvalue weighted by atomic mass is 9.95. The van der Waals surface area contributed by atoms with E-state index < -0.39 is 12.0 Å². The Bertz CT molecular complexity index is 911. The smallest absolute Gasteiger partial charge is 0.338 e. The number of benzene rings is 1. The molecule has 0 saturated heterocycles. The third kappa shape index (κ3) is 3.68. The van der Waals surface area contributed by atoms with Crippen LogP contribution in [0.5, 0.6) is 11.5 Å². The van der Waals surface area contributed by atoms with Gasteiger partial charge in [0.05, 0.1) is 29.9 Å². The number of nitrogens with one attached hydrogen (secondary N) is 1. The van der Waals surface area contributed by atoms with Crippen LogP contribution in [0, 0.1) is 0 Å². The molecule has 0 aliphatic carbocycles. The highest BCUT2D eigenvalue weighted by atomic mass is 79.9. The Balaban J connectivity index is 2.17. The molecule has 1 N–H and O–H groups in total. The number of ether oxygens (including phenoxy) is 3. The second-order valence-corrected chi connectivity index (χ2v) is 6.78. The summed E-state index contributed by atoms with van der Waals surface area (Å²) < 4.78 is 19.0. The summed E-state index contributed by atoms with van der Waals surface area (Å²) in [6.07, 6.45) is 0. The van der Waals surface area contributed by atoms with Crippen molar-refractivity contribution >= 4 is 27.8 Å². The SMILES string of the molecule is CCOC(=O)C1=C(C)Nc2nnnn2C1c1cc(Br)c(OCC)c(OCC)c1. The predicted molar refractivity (Wildman–Crippen MR) is 105 cm³/mol. The van der Waals surface area contributed by atoms with E-state index in [-0.39, 0.29) is 6.61 Å². The molecule has 0 radical (unpaired) electrons. The van der Waals surface area contributed by atoms with Crippen molar-refractivity contribution in [3.63, 3.8) is 0 Å². The van der Waals surface area contributed by atoms with Crippen LogP contribution in [-0.2, 0) is 9.53 Å². The van der Waals surface area contributed by atoms with E-state index >= 15 is 0 Å². The van der Waals surface area contributed by atoms with Crippen molar-refractivity contribution in [2.75, 3.05) is 25.1 Å². The van der Waals surface area contributed by atoms with Crippen molar-refractivity contribution in [2.24, 2.45) is 0 Å². The molecular weight excluding hydrogens is 430 g/mol. The molecule has 9 nitrogen and oxygen atoms in total. The number of aromatic nitrogens is 4. The fraction of sp³-hybridized carbons (Fsp3) is 0.444. The van der Waals surface area contributed by atoms with E-state index in [1.807, 2.05) is 26.0 Å². The van der Waals surface area contributed by atoms with Gasteiger partial charge in [0.2, 0.25) is 5.95 Å². The van der Waals surface area contributed by atoms with Crippen molar-refractivity contribution in [2.45, 2.75) is 33.7 Å². The second-order valence-electron chi connectivity index (χ2n) is 5.93. The van der Waals surface area contributed by atoms with Crippen LogP contribution in [0.2, 0.25) is 0 Å². The average molecular weight is 452 g/mol. The molecular formula is C18H22BrN5O4. The van der Waals surface area contributed by atoms with Crippen LogP contribution in [0.25, 0.3) is 0 Å². The number of allylic oxidation sites excluding steroid dienone is 1. The van der Waals surface area contributed by atoms with Gasteiger partial charge in [-0.05, 0) is 71.7 Å². The molecule has 10 heteroatoms. The van der Waals surface area contributed by atoms with Crippen LogP contribution in [0.3, 0.4) is 0 Å². The highest BCUT2D eigenvalue weighted by Gasteiger charge is 2.35. The van der Waals surface area contributed by atoms with Crippen molar-refractivity contribution in [3.8, 4) is 11.5 Å². The number of rotatable bonds is 7. The fourth-order valence-electron chi connectivity index (χ4n) is 3.09. The summed E-state index contributed by atoms with van der Waals surface area (Å²) in [4.78, 5) is 12.7. The largest absolute Gasteiger partial charge is 0.490 e. The summed E-state index contributed by atoms with van der Waals surface area (Å²) in [7, 11) is 0. The first-order chi connectivity index (χ1) is 13.5. The summed E-state index contributed by atoms with van der Waals surface area (Å²) in [6.45, 7) is 8.59. The predicted octanol–water partition coefficient (Wildman–Crippen LogP) is 3.09. The van der Waals surface area contributed by atoms with E-state index in [9.17, 15) is 4.79 Å². The zero-order chi connectivity index (χ0) is 20.3. The first-order valence-corrected chi connectivity index (χ1v) is 9.82. The molecule has 0 spiro atoms. The number of halogens is 1. The number of hydrogen-bond acceptors (Lipinski definition) is 8. The maximum Gasteiger partial charge on any atom is 0.338 e. The van der Waals surface area contributed by atoms with Gasteiger partial charge in [-0.15, -0.1) is 0 Å². The van der Waals surface area contributed by atoms with Gasteiger partial charge in [-0.25, -0.2) is 4.79 Å². The molecule has 1 aromatic heterocycles. The van der Waals surface area contributed by atoms with Crippen LogP contribution in [-0.4, -0.2) is 46.0 Å². The Morgan fingerprint density at radius 3 is 2.64 bits per heavy atom. The number of tetrazole rings is 1. The van der Waals surface area contributed by atoms with Gasteiger partial charge >= 0.3 is 5.97 Å². The van der Waals surface area contributed by atoms with Crippen molar-refractivity contribution < 1.29 is 19.0 Å². The number of esters is 1. The van der Waals surface area contributed by atoms with E-state index in [0.29, 0.717) is 46.4 Å². The molecule has 0 amide bonds. The molecule has 150 valence electrons. The first-order valence-electron chi connectivity index (χ1n) is 9.03. The van der Waals surface area contributed by atoms with Crippen LogP contribution in [0.4, 0.5) is 5.95 Å². The van der Waals surface area contributed by atoms with Gasteiger partial charge in [0.15, 0.2) is 11.5 Å². The third-order valence-corrected chi connectivity index (χ3v) is 4.73. The first kappa shape index (κ1) is 20.1. The molecule has 1 unspecified atom stereocenters. The van der Waals surface area contributed by atoms with Gasteiger partial charge in [0.1, 0.15) is 6.04 Å². The standard InChI is InChI=1S/C18H22BrN5O4/c1-5-26-13-9-11(8-12(19)16(13)27-6-2)15-14(17(25)28-7-3)10(4)20-18-21-22-23-24(15)18/h8-9,15H,5-7H2,1-4H3,(H,20,21,23). The number of carbonyl (C=O) groups is 1. The topological polar surface area (TPSA) is 100 Å². The zero-order valence-electron chi connectivity index (χ0n) is 16.2. The summed E-state index contributed by atoms with van der Waals surface area (Å²) in [5.41, 5.74) is 1.82. The molecule has 0 fully saturated rings. The Morgan fingerprint density at radius 1 is 1.21 bits per heavy atom. The highest BCUT2D eigenvalue weighted by Crippen LogP contribution is 2.42. The van der Waals surface area contributed by atoms with Crippen molar-refractivity contribution in [1.29, 1.82) is 0 Å². The van der Waals surface area contributed by atoms with E-state index in [1.54, 1.807) is 18.5 Å². The van der Waals surface area contributed by atoms with Crippen molar-refractivity contribution in [1.82, 2.24) is 20.2 Å². The molecule has 0 bridgehead atoms. The molecule has 3 rings (SSSR count). The lowest BCUT2D eigenvalue weighted by Crippen LogP contribution is -2.29. The summed E-state index contributed by atoms with van der Waals surface area (Å²) in [5.74, 6) is 1.19. The number of fused-ring (bicyclic) bond motifs is 1. The molecule has 2 heterocycles. The minimum absolute atomic E-state index is 0.266. The van der Waals surface area contributed by atoms with Crippen LogP contribution >= 0.6 is 15.9 Å². The van der Waals surface area contributed by atoms with Crippen LogP contribution < -0.4 is 14.8 Å². The molecule has 0 saturated carbocycles. The Labute approximate surface area is 171 Å². The van der Waals surface area contributed by atoms with E-state index in [4.69, 9.17) is 14.2 Å². The molecule has 1 aliphatic rings. The lowest BCUT2D eigenvalue weighted by Gasteiger charge is -2.28. The Kier molecular flexibility index (Phi) is 6.18. The normalized spacial score (nSPS) is 15.7. The molecule has 2 aromatic rings. The maximum absolute atomic E-state index is 12.7. The lowest BCUT2D eigenvalue weighted by molar-refractivity contribution is -0.139. The van der Waals surface area contributed by atoms with Gasteiger partial charge in [0, 0.05) is 5.70 Å². The van der Waals surface area contributed by atoms with Crippen LogP contribution in [0.15, 0.2) is 27.9 Å². The van der Waals surface area contributed by atoms with E-state index in [1.165, 1.54) is 0 Å². The van der Waals surface area contributed by atoms with E-state index in [2.05, 4.69) is 36.8 Å². The minimum Gasteiger partial charge on any atom is -0.490 e. The second kappa shape index (κ2) is 8.59. The number of hydrogen-bond donors (Lipinski definition) is 1. The highest BCUT2D eigenvalue weighted by molar-refractivity contribution is 9.10. The maximum atomic E-state index is 12.7. The van der Waals surface area contributed by atoms with Gasteiger partial charge in [-0.2, -0.15) is 4.68 Å². The number of carbonyl (C=O) groups excluding carboxylic acids is 1. The van der Waals surface area contributed by atoms with Gasteiger partial charge in [-0.3, -0.25) is 0 Å². The molecule has 28 heavy (non-hydrogen) atoms. The van der Waals surface area contributed by atoms with E-state index in [0.717, 1.165) is 5.56 Å². The van der Waals surface area contributed by atoms with Crippen molar-refractivity contribution in [3.05, 3.63) is 33.4 Å².